The van der Waals surface area contributed by atoms with Crippen LogP contribution in [-0.2, 0) is 19.9 Å². The number of hydrogen-bond acceptors (Lipinski definition) is 3. The third kappa shape index (κ3) is 2.97. The zero-order valence-electron chi connectivity index (χ0n) is 9.98. The van der Waals surface area contributed by atoms with Crippen molar-refractivity contribution in [2.24, 2.45) is 12.8 Å². The van der Waals surface area contributed by atoms with E-state index in [1.165, 1.54) is 10.6 Å². The van der Waals surface area contributed by atoms with E-state index in [0.29, 0.717) is 0 Å². The van der Waals surface area contributed by atoms with Gasteiger partial charge in [0, 0.05) is 30.1 Å². The second-order valence-corrected chi connectivity index (χ2v) is 6.55. The summed E-state index contributed by atoms with van der Waals surface area (Å²) in [7, 11) is 1.98. The van der Waals surface area contributed by atoms with Crippen LogP contribution in [0.2, 0.25) is 0 Å². The maximum Gasteiger partial charge on any atom is 0.0701 e. The topological polar surface area (TPSA) is 43.8 Å². The van der Waals surface area contributed by atoms with Crippen molar-refractivity contribution in [2.45, 2.75) is 25.8 Å². The standard InChI is InChI=1S/C12H16BrN3S/c1-3-8-6-9(16(2)15-8)7-10(14)11-4-5-12(13)17-11/h4-6,10H,3,7,14H2,1-2H3. The Morgan fingerprint density at radius 1 is 1.53 bits per heavy atom. The summed E-state index contributed by atoms with van der Waals surface area (Å²) in [5.74, 6) is 0. The number of hydrogen-bond donors (Lipinski definition) is 1. The summed E-state index contributed by atoms with van der Waals surface area (Å²) < 4.78 is 3.06. The zero-order valence-corrected chi connectivity index (χ0v) is 12.4. The van der Waals surface area contributed by atoms with Crippen LogP contribution in [0.15, 0.2) is 22.0 Å². The van der Waals surface area contributed by atoms with Gasteiger partial charge in [0.2, 0.25) is 0 Å². The van der Waals surface area contributed by atoms with Crippen LogP contribution < -0.4 is 5.73 Å². The molecule has 0 bridgehead atoms. The number of nitrogens with two attached hydrogens (primary N) is 1. The smallest absolute Gasteiger partial charge is 0.0701 e. The molecule has 2 aromatic heterocycles. The molecule has 1 unspecified atom stereocenters. The Labute approximate surface area is 114 Å². The van der Waals surface area contributed by atoms with E-state index in [1.807, 2.05) is 17.8 Å². The van der Waals surface area contributed by atoms with Crippen molar-refractivity contribution in [3.05, 3.63) is 38.3 Å². The predicted octanol–water partition coefficient (Wildman–Crippen LogP) is 3.05. The summed E-state index contributed by atoms with van der Waals surface area (Å²) in [4.78, 5) is 1.20. The fourth-order valence-corrected chi connectivity index (χ4v) is 3.21. The van der Waals surface area contributed by atoms with Gasteiger partial charge in [-0.2, -0.15) is 5.10 Å². The Kier molecular flexibility index (Phi) is 4.01. The summed E-state index contributed by atoms with van der Waals surface area (Å²) in [6.45, 7) is 2.11. The zero-order chi connectivity index (χ0) is 12.4. The highest BCUT2D eigenvalue weighted by molar-refractivity contribution is 9.11. The molecule has 2 heterocycles. The van der Waals surface area contributed by atoms with Crippen LogP contribution >= 0.6 is 27.3 Å². The van der Waals surface area contributed by atoms with E-state index in [4.69, 9.17) is 5.73 Å². The van der Waals surface area contributed by atoms with Gasteiger partial charge in [-0.1, -0.05) is 6.92 Å². The molecule has 0 spiro atoms. The first-order chi connectivity index (χ1) is 8.10. The SMILES string of the molecule is CCc1cc(CC(N)c2ccc(Br)s2)n(C)n1. The molecule has 0 aliphatic heterocycles. The van der Waals surface area contributed by atoms with E-state index in [-0.39, 0.29) is 6.04 Å². The monoisotopic (exact) mass is 313 g/mol. The van der Waals surface area contributed by atoms with Crippen LogP contribution in [-0.4, -0.2) is 9.78 Å². The Hall–Kier alpha value is -0.650. The first kappa shape index (κ1) is 12.8. The average molecular weight is 314 g/mol. The molecule has 0 radical (unpaired) electrons. The highest BCUT2D eigenvalue weighted by atomic mass is 79.9. The van der Waals surface area contributed by atoms with Gasteiger partial charge in [-0.3, -0.25) is 4.68 Å². The van der Waals surface area contributed by atoms with Gasteiger partial charge in [0.25, 0.3) is 0 Å². The first-order valence-corrected chi connectivity index (χ1v) is 7.23. The average Bonchev–Trinajstić information content (AvgIpc) is 2.86. The van der Waals surface area contributed by atoms with Crippen LogP contribution in [0.5, 0.6) is 0 Å². The molecule has 0 saturated heterocycles. The molecule has 1 atom stereocenters. The minimum Gasteiger partial charge on any atom is -0.323 e. The maximum absolute atomic E-state index is 6.21. The summed E-state index contributed by atoms with van der Waals surface area (Å²) in [6, 6.07) is 6.31. The van der Waals surface area contributed by atoms with Gasteiger partial charge in [-0.15, -0.1) is 11.3 Å². The number of rotatable bonds is 4. The molecular weight excluding hydrogens is 298 g/mol. The minimum atomic E-state index is 0.0476. The number of thiophene rings is 1. The number of nitrogens with zero attached hydrogens (tertiary/aromatic N) is 2. The molecule has 17 heavy (non-hydrogen) atoms. The molecule has 2 N–H and O–H groups in total. The lowest BCUT2D eigenvalue weighted by Gasteiger charge is -2.09. The Morgan fingerprint density at radius 3 is 2.82 bits per heavy atom. The maximum atomic E-state index is 6.21. The van der Waals surface area contributed by atoms with Crippen LogP contribution in [0.3, 0.4) is 0 Å². The number of aryl methyl sites for hydroxylation is 2. The van der Waals surface area contributed by atoms with Gasteiger partial charge in [0.1, 0.15) is 0 Å². The second-order valence-electron chi connectivity index (χ2n) is 4.06. The summed E-state index contributed by atoms with van der Waals surface area (Å²) in [5, 5.41) is 4.44. The Bertz CT molecular complexity index is 504. The van der Waals surface area contributed by atoms with Crippen molar-refractivity contribution < 1.29 is 0 Å². The quantitative estimate of drug-likeness (QED) is 0.942. The van der Waals surface area contributed by atoms with Crippen molar-refractivity contribution >= 4 is 27.3 Å². The Balaban J connectivity index is 2.12. The van der Waals surface area contributed by atoms with Gasteiger partial charge < -0.3 is 5.73 Å². The summed E-state index contributed by atoms with van der Waals surface area (Å²) in [5.41, 5.74) is 8.53. The molecule has 2 rings (SSSR count). The van der Waals surface area contributed by atoms with Gasteiger partial charge in [0.15, 0.2) is 0 Å². The van der Waals surface area contributed by atoms with Crippen molar-refractivity contribution in [3.63, 3.8) is 0 Å². The van der Waals surface area contributed by atoms with Crippen LogP contribution in [0.1, 0.15) is 29.2 Å². The van der Waals surface area contributed by atoms with Crippen molar-refractivity contribution in [2.75, 3.05) is 0 Å². The molecule has 0 saturated carbocycles. The molecule has 3 nitrogen and oxygen atoms in total. The van der Waals surface area contributed by atoms with E-state index < -0.39 is 0 Å². The predicted molar refractivity (Wildman–Crippen MR) is 75.2 cm³/mol. The fraction of sp³-hybridized carbons (Fsp3) is 0.417. The van der Waals surface area contributed by atoms with E-state index in [2.05, 4.69) is 40.1 Å². The van der Waals surface area contributed by atoms with Crippen molar-refractivity contribution in [1.82, 2.24) is 9.78 Å². The normalized spacial score (nSPS) is 12.9. The summed E-state index contributed by atoms with van der Waals surface area (Å²) >= 11 is 5.16. The third-order valence-electron chi connectivity index (χ3n) is 2.78. The largest absolute Gasteiger partial charge is 0.323 e. The molecule has 0 aliphatic carbocycles. The molecule has 0 amide bonds. The first-order valence-electron chi connectivity index (χ1n) is 5.62. The molecule has 92 valence electrons. The Morgan fingerprint density at radius 2 is 2.29 bits per heavy atom. The van der Waals surface area contributed by atoms with E-state index >= 15 is 0 Å². The molecule has 0 fully saturated rings. The van der Waals surface area contributed by atoms with Gasteiger partial charge in [-0.25, -0.2) is 0 Å². The third-order valence-corrected chi connectivity index (χ3v) is 4.53. The lowest BCUT2D eigenvalue weighted by atomic mass is 10.1. The van der Waals surface area contributed by atoms with Gasteiger partial charge in [0.05, 0.1) is 9.48 Å². The number of halogens is 1. The van der Waals surface area contributed by atoms with Crippen molar-refractivity contribution in [1.29, 1.82) is 0 Å². The van der Waals surface area contributed by atoms with E-state index in [1.54, 1.807) is 11.3 Å². The van der Waals surface area contributed by atoms with E-state index in [9.17, 15) is 0 Å². The lowest BCUT2D eigenvalue weighted by molar-refractivity contribution is 0.644. The number of aromatic nitrogens is 2. The van der Waals surface area contributed by atoms with Crippen LogP contribution in [0, 0.1) is 0 Å². The van der Waals surface area contributed by atoms with E-state index in [0.717, 1.165) is 22.3 Å². The molecular formula is C12H16BrN3S. The van der Waals surface area contributed by atoms with Crippen molar-refractivity contribution in [3.8, 4) is 0 Å². The van der Waals surface area contributed by atoms with Crippen LogP contribution in [0.25, 0.3) is 0 Å². The highest BCUT2D eigenvalue weighted by Gasteiger charge is 2.12. The van der Waals surface area contributed by atoms with Gasteiger partial charge >= 0.3 is 0 Å². The van der Waals surface area contributed by atoms with Gasteiger partial charge in [-0.05, 0) is 40.5 Å². The molecule has 0 aliphatic rings. The second kappa shape index (κ2) is 5.33. The molecule has 0 aromatic carbocycles. The fourth-order valence-electron chi connectivity index (χ4n) is 1.79. The summed E-state index contributed by atoms with van der Waals surface area (Å²) in [6.07, 6.45) is 1.80. The minimum absolute atomic E-state index is 0.0476. The highest BCUT2D eigenvalue weighted by Crippen LogP contribution is 2.27. The molecule has 2 aromatic rings. The van der Waals surface area contributed by atoms with Crippen LogP contribution in [0.4, 0.5) is 0 Å². The lowest BCUT2D eigenvalue weighted by Crippen LogP contribution is -2.14. The molecule has 5 heteroatoms.